The standard InChI is InChI=1S/C8H18N2O3S/c1-8(11)4-5-9-14(12,13)10-6-2-3-7-10/h8-9,11H,2-7H2,1H3. The number of aliphatic hydroxyl groups is 1. The third kappa shape index (κ3) is 3.53. The fourth-order valence-corrected chi connectivity index (χ4v) is 2.71. The van der Waals surface area contributed by atoms with Crippen molar-refractivity contribution in [3.63, 3.8) is 0 Å². The predicted molar refractivity (Wildman–Crippen MR) is 54.0 cm³/mol. The van der Waals surface area contributed by atoms with Gasteiger partial charge in [-0.05, 0) is 26.2 Å². The van der Waals surface area contributed by atoms with Gasteiger partial charge in [0, 0.05) is 19.6 Å². The van der Waals surface area contributed by atoms with Crippen molar-refractivity contribution in [2.45, 2.75) is 32.3 Å². The Morgan fingerprint density at radius 3 is 2.50 bits per heavy atom. The third-order valence-electron chi connectivity index (χ3n) is 2.25. The highest BCUT2D eigenvalue weighted by Crippen LogP contribution is 2.10. The molecule has 0 aromatic carbocycles. The molecule has 2 N–H and O–H groups in total. The lowest BCUT2D eigenvalue weighted by Gasteiger charge is -2.16. The second kappa shape index (κ2) is 5.06. The van der Waals surface area contributed by atoms with Crippen LogP contribution in [0.5, 0.6) is 0 Å². The molecule has 14 heavy (non-hydrogen) atoms. The zero-order valence-electron chi connectivity index (χ0n) is 8.44. The Morgan fingerprint density at radius 1 is 1.43 bits per heavy atom. The van der Waals surface area contributed by atoms with Crippen molar-refractivity contribution in [3.05, 3.63) is 0 Å². The molecule has 1 fully saturated rings. The summed E-state index contributed by atoms with van der Waals surface area (Å²) in [6, 6.07) is 0. The highest BCUT2D eigenvalue weighted by Gasteiger charge is 2.24. The Kier molecular flexibility index (Phi) is 4.31. The summed E-state index contributed by atoms with van der Waals surface area (Å²) in [5.74, 6) is 0. The van der Waals surface area contributed by atoms with Gasteiger partial charge in [-0.3, -0.25) is 0 Å². The van der Waals surface area contributed by atoms with E-state index in [1.54, 1.807) is 6.92 Å². The molecule has 0 amide bonds. The normalized spacial score (nSPS) is 21.3. The van der Waals surface area contributed by atoms with Gasteiger partial charge in [-0.25, -0.2) is 4.72 Å². The van der Waals surface area contributed by atoms with E-state index in [2.05, 4.69) is 4.72 Å². The van der Waals surface area contributed by atoms with E-state index in [9.17, 15) is 8.42 Å². The summed E-state index contributed by atoms with van der Waals surface area (Å²) in [5.41, 5.74) is 0. The molecule has 0 saturated carbocycles. The Balaban J connectivity index is 2.34. The molecule has 0 aromatic heterocycles. The van der Waals surface area contributed by atoms with Gasteiger partial charge in [0.25, 0.3) is 10.2 Å². The molecule has 1 heterocycles. The number of nitrogens with zero attached hydrogens (tertiary/aromatic N) is 1. The second-order valence-electron chi connectivity index (χ2n) is 3.64. The molecule has 1 aliphatic rings. The Morgan fingerprint density at radius 2 is 2.00 bits per heavy atom. The van der Waals surface area contributed by atoms with Gasteiger partial charge in [-0.2, -0.15) is 12.7 Å². The van der Waals surface area contributed by atoms with E-state index in [1.807, 2.05) is 0 Å². The van der Waals surface area contributed by atoms with Crippen LogP contribution in [-0.4, -0.2) is 43.6 Å². The Bertz CT molecular complexity index is 258. The van der Waals surface area contributed by atoms with Crippen molar-refractivity contribution in [1.29, 1.82) is 0 Å². The molecule has 1 saturated heterocycles. The highest BCUT2D eigenvalue weighted by atomic mass is 32.2. The first-order valence-electron chi connectivity index (χ1n) is 4.95. The summed E-state index contributed by atoms with van der Waals surface area (Å²) in [6.07, 6.45) is 1.87. The first kappa shape index (κ1) is 11.9. The van der Waals surface area contributed by atoms with E-state index in [0.29, 0.717) is 26.1 Å². The Hall–Kier alpha value is -0.170. The molecule has 0 aliphatic carbocycles. The molecular weight excluding hydrogens is 204 g/mol. The van der Waals surface area contributed by atoms with Crippen LogP contribution < -0.4 is 4.72 Å². The van der Waals surface area contributed by atoms with E-state index in [1.165, 1.54) is 4.31 Å². The highest BCUT2D eigenvalue weighted by molar-refractivity contribution is 7.87. The average Bonchev–Trinajstić information content (AvgIpc) is 2.54. The van der Waals surface area contributed by atoms with Crippen LogP contribution in [0.2, 0.25) is 0 Å². The maximum absolute atomic E-state index is 11.5. The van der Waals surface area contributed by atoms with Crippen LogP contribution in [-0.2, 0) is 10.2 Å². The first-order valence-corrected chi connectivity index (χ1v) is 6.39. The van der Waals surface area contributed by atoms with E-state index in [0.717, 1.165) is 12.8 Å². The zero-order chi connectivity index (χ0) is 10.6. The summed E-state index contributed by atoms with van der Waals surface area (Å²) in [5, 5.41) is 8.97. The SMILES string of the molecule is CC(O)CCNS(=O)(=O)N1CCCC1. The van der Waals surface area contributed by atoms with Crippen LogP contribution in [0.15, 0.2) is 0 Å². The van der Waals surface area contributed by atoms with Gasteiger partial charge in [-0.15, -0.1) is 0 Å². The maximum Gasteiger partial charge on any atom is 0.279 e. The summed E-state index contributed by atoms with van der Waals surface area (Å²) >= 11 is 0. The minimum Gasteiger partial charge on any atom is -0.393 e. The molecule has 1 atom stereocenters. The number of rotatable bonds is 5. The summed E-state index contributed by atoms with van der Waals surface area (Å²) in [6.45, 7) is 3.18. The lowest BCUT2D eigenvalue weighted by molar-refractivity contribution is 0.186. The van der Waals surface area contributed by atoms with Crippen molar-refractivity contribution in [1.82, 2.24) is 9.03 Å². The van der Waals surface area contributed by atoms with Crippen LogP contribution in [0.25, 0.3) is 0 Å². The molecule has 6 heteroatoms. The monoisotopic (exact) mass is 222 g/mol. The second-order valence-corrected chi connectivity index (χ2v) is 5.40. The van der Waals surface area contributed by atoms with Gasteiger partial charge >= 0.3 is 0 Å². The van der Waals surface area contributed by atoms with E-state index in [4.69, 9.17) is 5.11 Å². The molecule has 0 bridgehead atoms. The predicted octanol–water partition coefficient (Wildman–Crippen LogP) is -0.312. The quantitative estimate of drug-likeness (QED) is 0.670. The Labute approximate surface area is 85.3 Å². The molecular formula is C8H18N2O3S. The van der Waals surface area contributed by atoms with Gasteiger partial charge in [0.2, 0.25) is 0 Å². The molecule has 0 radical (unpaired) electrons. The van der Waals surface area contributed by atoms with Crippen molar-refractivity contribution in [2.75, 3.05) is 19.6 Å². The molecule has 1 rings (SSSR count). The van der Waals surface area contributed by atoms with Crippen LogP contribution in [0.4, 0.5) is 0 Å². The van der Waals surface area contributed by atoms with Crippen molar-refractivity contribution >= 4 is 10.2 Å². The van der Waals surface area contributed by atoms with Crippen molar-refractivity contribution < 1.29 is 13.5 Å². The minimum atomic E-state index is -3.28. The van der Waals surface area contributed by atoms with Crippen LogP contribution >= 0.6 is 0 Å². The van der Waals surface area contributed by atoms with Gasteiger partial charge < -0.3 is 5.11 Å². The van der Waals surface area contributed by atoms with Gasteiger partial charge in [-0.1, -0.05) is 0 Å². The minimum absolute atomic E-state index is 0.302. The van der Waals surface area contributed by atoms with E-state index >= 15 is 0 Å². The van der Waals surface area contributed by atoms with Crippen LogP contribution in [0.1, 0.15) is 26.2 Å². The lowest BCUT2D eigenvalue weighted by Crippen LogP contribution is -2.39. The molecule has 0 aromatic rings. The number of hydrogen-bond donors (Lipinski definition) is 2. The molecule has 5 nitrogen and oxygen atoms in total. The van der Waals surface area contributed by atoms with Crippen LogP contribution in [0.3, 0.4) is 0 Å². The smallest absolute Gasteiger partial charge is 0.279 e. The van der Waals surface area contributed by atoms with Gasteiger partial charge in [0.05, 0.1) is 6.10 Å². The maximum atomic E-state index is 11.5. The summed E-state index contributed by atoms with van der Waals surface area (Å²) < 4.78 is 27.0. The number of nitrogens with one attached hydrogen (secondary N) is 1. The zero-order valence-corrected chi connectivity index (χ0v) is 9.26. The van der Waals surface area contributed by atoms with Crippen molar-refractivity contribution in [2.24, 2.45) is 0 Å². The lowest BCUT2D eigenvalue weighted by atomic mass is 10.3. The average molecular weight is 222 g/mol. The molecule has 0 spiro atoms. The molecule has 1 unspecified atom stereocenters. The molecule has 1 aliphatic heterocycles. The van der Waals surface area contributed by atoms with Gasteiger partial charge in [0.15, 0.2) is 0 Å². The largest absolute Gasteiger partial charge is 0.393 e. The van der Waals surface area contributed by atoms with E-state index < -0.39 is 16.3 Å². The fraction of sp³-hybridized carbons (Fsp3) is 1.00. The van der Waals surface area contributed by atoms with Crippen LogP contribution in [0, 0.1) is 0 Å². The summed E-state index contributed by atoms with van der Waals surface area (Å²) in [4.78, 5) is 0. The molecule has 84 valence electrons. The third-order valence-corrected chi connectivity index (χ3v) is 3.87. The number of aliphatic hydroxyl groups excluding tert-OH is 1. The fourth-order valence-electron chi connectivity index (χ4n) is 1.42. The topological polar surface area (TPSA) is 69.6 Å². The first-order chi connectivity index (χ1) is 6.52. The van der Waals surface area contributed by atoms with Gasteiger partial charge in [0.1, 0.15) is 0 Å². The number of hydrogen-bond acceptors (Lipinski definition) is 3. The summed E-state index contributed by atoms with van der Waals surface area (Å²) in [7, 11) is -3.28. The van der Waals surface area contributed by atoms with E-state index in [-0.39, 0.29) is 0 Å². The van der Waals surface area contributed by atoms with Crippen molar-refractivity contribution in [3.8, 4) is 0 Å².